The smallest absolute Gasteiger partial charge is 0.322 e. The molecule has 0 saturated carbocycles. The van der Waals surface area contributed by atoms with Crippen LogP contribution in [0, 0.1) is 20.8 Å². The summed E-state index contributed by atoms with van der Waals surface area (Å²) in [4.78, 5) is 30.4. The van der Waals surface area contributed by atoms with Gasteiger partial charge in [-0.05, 0) is 62.4 Å². The monoisotopic (exact) mass is 489 g/mol. The molecule has 2 heterocycles. The number of carbonyl (C=O) groups is 2. The molecule has 1 unspecified atom stereocenters. The van der Waals surface area contributed by atoms with Crippen LogP contribution in [0.2, 0.25) is 0 Å². The first-order valence-electron chi connectivity index (χ1n) is 12.5. The molecule has 1 N–H and O–H groups in total. The van der Waals surface area contributed by atoms with Gasteiger partial charge in [0.15, 0.2) is 0 Å². The van der Waals surface area contributed by atoms with Crippen LogP contribution < -0.4 is 5.32 Å². The molecule has 7 nitrogen and oxygen atoms in total. The van der Waals surface area contributed by atoms with Gasteiger partial charge in [0.25, 0.3) is 0 Å². The number of ether oxygens (including phenoxy) is 1. The SMILES string of the molecule is Cc1ccc(CN(Cc2ccccc2)C(=O)CN(CC2CCCO2)C(=O)Nc2c(C)cccc2C)o1. The van der Waals surface area contributed by atoms with E-state index in [9.17, 15) is 9.59 Å². The molecular weight excluding hydrogens is 454 g/mol. The van der Waals surface area contributed by atoms with Crippen molar-refractivity contribution in [3.05, 3.63) is 88.9 Å². The lowest BCUT2D eigenvalue weighted by molar-refractivity contribution is -0.133. The summed E-state index contributed by atoms with van der Waals surface area (Å²) in [5, 5.41) is 3.04. The fourth-order valence-electron chi connectivity index (χ4n) is 4.51. The fourth-order valence-corrected chi connectivity index (χ4v) is 4.51. The zero-order valence-electron chi connectivity index (χ0n) is 21.3. The summed E-state index contributed by atoms with van der Waals surface area (Å²) in [6, 6.07) is 19.2. The molecule has 190 valence electrons. The highest BCUT2D eigenvalue weighted by Crippen LogP contribution is 2.21. The lowest BCUT2D eigenvalue weighted by Crippen LogP contribution is -2.47. The third-order valence-electron chi connectivity index (χ3n) is 6.49. The largest absolute Gasteiger partial charge is 0.464 e. The van der Waals surface area contributed by atoms with E-state index in [-0.39, 0.29) is 24.6 Å². The molecule has 7 heteroatoms. The van der Waals surface area contributed by atoms with Crippen LogP contribution in [-0.2, 0) is 22.6 Å². The van der Waals surface area contributed by atoms with Gasteiger partial charge in [-0.3, -0.25) is 4.79 Å². The molecule has 1 aromatic heterocycles. The van der Waals surface area contributed by atoms with Gasteiger partial charge in [-0.1, -0.05) is 48.5 Å². The number of rotatable bonds is 9. The minimum atomic E-state index is -0.301. The number of anilines is 1. The van der Waals surface area contributed by atoms with Crippen LogP contribution in [0.1, 0.15) is 41.1 Å². The van der Waals surface area contributed by atoms with Crippen molar-refractivity contribution in [2.75, 3.05) is 25.0 Å². The van der Waals surface area contributed by atoms with Crippen molar-refractivity contribution in [2.24, 2.45) is 0 Å². The second kappa shape index (κ2) is 11.9. The van der Waals surface area contributed by atoms with E-state index < -0.39 is 0 Å². The average Bonchev–Trinajstić information content (AvgIpc) is 3.52. The third-order valence-corrected chi connectivity index (χ3v) is 6.49. The molecule has 4 rings (SSSR count). The lowest BCUT2D eigenvalue weighted by atomic mass is 10.1. The second-order valence-corrected chi connectivity index (χ2v) is 9.46. The van der Waals surface area contributed by atoms with Gasteiger partial charge in [0.05, 0.1) is 12.6 Å². The first-order valence-corrected chi connectivity index (χ1v) is 12.5. The highest BCUT2D eigenvalue weighted by atomic mass is 16.5. The Morgan fingerprint density at radius 1 is 0.917 bits per heavy atom. The molecule has 36 heavy (non-hydrogen) atoms. The Hall–Kier alpha value is -3.58. The molecular formula is C29H35N3O4. The fraction of sp³-hybridized carbons (Fsp3) is 0.379. The quantitative estimate of drug-likeness (QED) is 0.434. The molecule has 1 saturated heterocycles. The van der Waals surface area contributed by atoms with Gasteiger partial charge in [0.1, 0.15) is 18.1 Å². The molecule has 2 aromatic carbocycles. The Labute approximate surface area is 213 Å². The van der Waals surface area contributed by atoms with Crippen molar-refractivity contribution >= 4 is 17.6 Å². The average molecular weight is 490 g/mol. The number of carbonyl (C=O) groups excluding carboxylic acids is 2. The Kier molecular flexibility index (Phi) is 8.44. The highest BCUT2D eigenvalue weighted by molar-refractivity contribution is 5.93. The van der Waals surface area contributed by atoms with Crippen molar-refractivity contribution in [3.8, 4) is 0 Å². The predicted octanol–water partition coefficient (Wildman–Crippen LogP) is 5.45. The number of nitrogens with zero attached hydrogens (tertiary/aromatic N) is 2. The predicted molar refractivity (Wildman–Crippen MR) is 140 cm³/mol. The number of nitrogens with one attached hydrogen (secondary N) is 1. The number of hydrogen-bond donors (Lipinski definition) is 1. The molecule has 0 aliphatic carbocycles. The van der Waals surface area contributed by atoms with E-state index in [4.69, 9.17) is 9.15 Å². The minimum absolute atomic E-state index is 0.0524. The van der Waals surface area contributed by atoms with Gasteiger partial charge in [0, 0.05) is 25.4 Å². The summed E-state index contributed by atoms with van der Waals surface area (Å²) in [7, 11) is 0. The Bertz CT molecular complexity index is 1150. The standard InChI is InChI=1S/C29H35N3O4/c1-21-9-7-10-22(2)28(21)30-29(34)32(18-25-13-8-16-35-25)20-27(33)31(17-24-11-5-4-6-12-24)19-26-15-14-23(3)36-26/h4-7,9-12,14-15,25H,8,13,16-20H2,1-3H3,(H,30,34). The van der Waals surface area contributed by atoms with Crippen molar-refractivity contribution in [1.29, 1.82) is 0 Å². The maximum atomic E-state index is 13.7. The van der Waals surface area contributed by atoms with E-state index in [1.165, 1.54) is 0 Å². The molecule has 0 bridgehead atoms. The first-order chi connectivity index (χ1) is 17.4. The van der Waals surface area contributed by atoms with Crippen LogP contribution in [0.3, 0.4) is 0 Å². The van der Waals surface area contributed by atoms with Crippen molar-refractivity contribution < 1.29 is 18.7 Å². The van der Waals surface area contributed by atoms with Crippen molar-refractivity contribution in [2.45, 2.75) is 52.8 Å². The summed E-state index contributed by atoms with van der Waals surface area (Å²) in [5.41, 5.74) is 3.75. The lowest BCUT2D eigenvalue weighted by Gasteiger charge is -2.29. The van der Waals surface area contributed by atoms with Crippen molar-refractivity contribution in [3.63, 3.8) is 0 Å². The van der Waals surface area contributed by atoms with E-state index in [1.807, 2.05) is 81.4 Å². The number of amides is 3. The van der Waals surface area contributed by atoms with Crippen molar-refractivity contribution in [1.82, 2.24) is 9.80 Å². The molecule has 0 spiro atoms. The number of urea groups is 1. The van der Waals surface area contributed by atoms with Crippen LogP contribution in [-0.4, -0.2) is 47.5 Å². The number of aryl methyl sites for hydroxylation is 3. The van der Waals surface area contributed by atoms with Gasteiger partial charge in [-0.15, -0.1) is 0 Å². The van der Waals surface area contributed by atoms with Crippen LogP contribution in [0.4, 0.5) is 10.5 Å². The molecule has 3 amide bonds. The Morgan fingerprint density at radius 3 is 2.31 bits per heavy atom. The summed E-state index contributed by atoms with van der Waals surface area (Å²) in [6.45, 7) is 7.55. The normalized spacial score (nSPS) is 15.0. The van der Waals surface area contributed by atoms with Crippen LogP contribution in [0.5, 0.6) is 0 Å². The van der Waals surface area contributed by atoms with E-state index in [0.29, 0.717) is 32.0 Å². The Morgan fingerprint density at radius 2 is 1.67 bits per heavy atom. The summed E-state index contributed by atoms with van der Waals surface area (Å²) in [5.74, 6) is 1.36. The zero-order chi connectivity index (χ0) is 25.5. The number of furan rings is 1. The van der Waals surface area contributed by atoms with Gasteiger partial charge < -0.3 is 24.3 Å². The molecule has 1 atom stereocenters. The Balaban J connectivity index is 1.54. The van der Waals surface area contributed by atoms with E-state index in [1.54, 1.807) is 9.80 Å². The maximum Gasteiger partial charge on any atom is 0.322 e. The van der Waals surface area contributed by atoms with E-state index >= 15 is 0 Å². The number of benzene rings is 2. The number of hydrogen-bond acceptors (Lipinski definition) is 4. The van der Waals surface area contributed by atoms with Gasteiger partial charge in [-0.25, -0.2) is 4.79 Å². The minimum Gasteiger partial charge on any atom is -0.464 e. The van der Waals surface area contributed by atoms with Crippen LogP contribution >= 0.6 is 0 Å². The topological polar surface area (TPSA) is 75.0 Å². The maximum absolute atomic E-state index is 13.7. The van der Waals surface area contributed by atoms with Gasteiger partial charge in [-0.2, -0.15) is 0 Å². The van der Waals surface area contributed by atoms with E-state index in [0.717, 1.165) is 41.0 Å². The second-order valence-electron chi connectivity index (χ2n) is 9.46. The molecule has 1 aliphatic rings. The van der Waals surface area contributed by atoms with Crippen LogP contribution in [0.25, 0.3) is 0 Å². The van der Waals surface area contributed by atoms with E-state index in [2.05, 4.69) is 5.32 Å². The molecule has 0 radical (unpaired) electrons. The van der Waals surface area contributed by atoms with Crippen LogP contribution in [0.15, 0.2) is 65.1 Å². The summed E-state index contributed by atoms with van der Waals surface area (Å²) >= 11 is 0. The molecule has 1 fully saturated rings. The molecule has 3 aromatic rings. The third kappa shape index (κ3) is 6.76. The summed E-state index contributed by atoms with van der Waals surface area (Å²) < 4.78 is 11.6. The zero-order valence-corrected chi connectivity index (χ0v) is 21.3. The van der Waals surface area contributed by atoms with Gasteiger partial charge >= 0.3 is 6.03 Å². The van der Waals surface area contributed by atoms with Gasteiger partial charge in [0.2, 0.25) is 5.91 Å². The highest BCUT2D eigenvalue weighted by Gasteiger charge is 2.27. The first kappa shape index (κ1) is 25.5. The number of para-hydroxylation sites is 1. The summed E-state index contributed by atoms with van der Waals surface area (Å²) in [6.07, 6.45) is 1.76. The molecule has 1 aliphatic heterocycles.